The maximum absolute atomic E-state index is 13.6. The number of rotatable bonds is 7. The largest absolute Gasteiger partial charge is 0.497 e. The minimum Gasteiger partial charge on any atom is -0.497 e. The van der Waals surface area contributed by atoms with Gasteiger partial charge in [-0.05, 0) is 42.8 Å². The van der Waals surface area contributed by atoms with Crippen LogP contribution in [0.15, 0.2) is 53.1 Å². The third kappa shape index (κ3) is 4.65. The number of hydrogen-bond donors (Lipinski definition) is 1. The Bertz CT molecular complexity index is 1310. The summed E-state index contributed by atoms with van der Waals surface area (Å²) in [5.74, 6) is 1.23. The van der Waals surface area contributed by atoms with Crippen molar-refractivity contribution in [2.75, 3.05) is 40.0 Å². The smallest absolute Gasteiger partial charge is 0.252 e. The Balaban J connectivity index is 1.45. The minimum absolute atomic E-state index is 0.00521. The van der Waals surface area contributed by atoms with E-state index in [9.17, 15) is 4.79 Å². The van der Waals surface area contributed by atoms with Gasteiger partial charge in [-0.1, -0.05) is 12.1 Å². The second kappa shape index (κ2) is 9.89. The van der Waals surface area contributed by atoms with E-state index in [4.69, 9.17) is 18.9 Å². The number of pyridine rings is 1. The fraction of sp³-hybridized carbons (Fsp3) is 0.346. The van der Waals surface area contributed by atoms with Gasteiger partial charge in [0.2, 0.25) is 0 Å². The summed E-state index contributed by atoms with van der Waals surface area (Å²) in [6, 6.07) is 13.4. The van der Waals surface area contributed by atoms with E-state index in [0.717, 1.165) is 35.5 Å². The molecule has 0 bridgehead atoms. The van der Waals surface area contributed by atoms with E-state index >= 15 is 0 Å². The molecule has 35 heavy (non-hydrogen) atoms. The number of ether oxygens (including phenoxy) is 2. The molecule has 1 fully saturated rings. The molecule has 1 saturated heterocycles. The zero-order valence-electron chi connectivity index (χ0n) is 20.2. The lowest BCUT2D eigenvalue weighted by Gasteiger charge is -2.35. The van der Waals surface area contributed by atoms with Crippen LogP contribution in [-0.4, -0.2) is 65.5 Å². The predicted octanol–water partition coefficient (Wildman–Crippen LogP) is 3.35. The molecule has 1 N–H and O–H groups in total. The third-order valence-electron chi connectivity index (χ3n) is 6.43. The average Bonchev–Trinajstić information content (AvgIpc) is 3.53. The molecule has 0 spiro atoms. The molecule has 9 heteroatoms. The first-order chi connectivity index (χ1) is 17.0. The molecule has 4 heterocycles. The summed E-state index contributed by atoms with van der Waals surface area (Å²) in [6.07, 6.45) is 1.59. The Morgan fingerprint density at radius 1 is 1.20 bits per heavy atom. The highest BCUT2D eigenvalue weighted by Crippen LogP contribution is 2.28. The van der Waals surface area contributed by atoms with E-state index in [0.29, 0.717) is 42.4 Å². The third-order valence-corrected chi connectivity index (χ3v) is 6.43. The monoisotopic (exact) mass is 475 g/mol. The van der Waals surface area contributed by atoms with Crippen molar-refractivity contribution in [2.24, 2.45) is 7.05 Å². The number of methoxy groups -OCH3 is 1. The maximum atomic E-state index is 13.6. The van der Waals surface area contributed by atoms with Gasteiger partial charge in [0, 0.05) is 26.7 Å². The van der Waals surface area contributed by atoms with E-state index in [1.54, 1.807) is 30.2 Å². The maximum Gasteiger partial charge on any atom is 0.252 e. The first-order valence-corrected chi connectivity index (χ1v) is 11.7. The fourth-order valence-corrected chi connectivity index (χ4v) is 4.63. The van der Waals surface area contributed by atoms with Crippen LogP contribution in [0.25, 0.3) is 22.5 Å². The van der Waals surface area contributed by atoms with Crippen LogP contribution in [0.1, 0.15) is 27.7 Å². The lowest BCUT2D eigenvalue weighted by molar-refractivity contribution is 0.0162. The molecular weight excluding hydrogens is 446 g/mol. The van der Waals surface area contributed by atoms with Gasteiger partial charge in [-0.15, -0.1) is 0 Å². The van der Waals surface area contributed by atoms with Crippen molar-refractivity contribution in [1.82, 2.24) is 25.0 Å². The summed E-state index contributed by atoms with van der Waals surface area (Å²) >= 11 is 0. The zero-order chi connectivity index (χ0) is 24.4. The molecule has 4 aromatic rings. The van der Waals surface area contributed by atoms with Crippen LogP contribution in [0.4, 0.5) is 0 Å². The molecule has 0 unspecified atom stereocenters. The number of amides is 1. The molecule has 1 atom stereocenters. The lowest BCUT2D eigenvalue weighted by atomic mass is 10.0. The normalized spacial score (nSPS) is 15.3. The van der Waals surface area contributed by atoms with Gasteiger partial charge in [0.15, 0.2) is 11.4 Å². The van der Waals surface area contributed by atoms with Gasteiger partial charge in [-0.3, -0.25) is 14.4 Å². The first kappa shape index (κ1) is 23.1. The minimum atomic E-state index is -0.173. The molecule has 0 aliphatic carbocycles. The molecule has 0 radical (unpaired) electrons. The van der Waals surface area contributed by atoms with Crippen molar-refractivity contribution in [3.8, 4) is 17.2 Å². The Kier molecular flexibility index (Phi) is 6.52. The Labute approximate surface area is 203 Å². The molecule has 1 aromatic carbocycles. The molecule has 5 rings (SSSR count). The highest BCUT2D eigenvalue weighted by atomic mass is 16.5. The van der Waals surface area contributed by atoms with Crippen LogP contribution >= 0.6 is 0 Å². The number of fused-ring (bicyclic) bond motifs is 1. The van der Waals surface area contributed by atoms with Gasteiger partial charge in [0.1, 0.15) is 11.4 Å². The van der Waals surface area contributed by atoms with Crippen LogP contribution < -0.4 is 10.1 Å². The Morgan fingerprint density at radius 3 is 2.66 bits per heavy atom. The van der Waals surface area contributed by atoms with Crippen molar-refractivity contribution < 1.29 is 18.7 Å². The second-order valence-corrected chi connectivity index (χ2v) is 8.59. The van der Waals surface area contributed by atoms with E-state index in [-0.39, 0.29) is 11.9 Å². The van der Waals surface area contributed by atoms with Crippen LogP contribution in [0.2, 0.25) is 0 Å². The first-order valence-electron chi connectivity index (χ1n) is 11.7. The predicted molar refractivity (Wildman–Crippen MR) is 131 cm³/mol. The molecule has 182 valence electrons. The molecule has 1 aliphatic heterocycles. The van der Waals surface area contributed by atoms with E-state index < -0.39 is 0 Å². The summed E-state index contributed by atoms with van der Waals surface area (Å²) in [5, 5.41) is 8.42. The summed E-state index contributed by atoms with van der Waals surface area (Å²) < 4.78 is 18.1. The number of aryl methyl sites for hydroxylation is 2. The van der Waals surface area contributed by atoms with Crippen LogP contribution in [0.5, 0.6) is 5.75 Å². The summed E-state index contributed by atoms with van der Waals surface area (Å²) in [6.45, 7) is 5.29. The van der Waals surface area contributed by atoms with Crippen LogP contribution in [-0.2, 0) is 11.8 Å². The van der Waals surface area contributed by atoms with Crippen LogP contribution in [0.3, 0.4) is 0 Å². The van der Waals surface area contributed by atoms with Crippen molar-refractivity contribution in [2.45, 2.75) is 13.0 Å². The van der Waals surface area contributed by atoms with Gasteiger partial charge in [-0.25, -0.2) is 4.98 Å². The fourth-order valence-electron chi connectivity index (χ4n) is 4.63. The highest BCUT2D eigenvalue weighted by molar-refractivity contribution is 6.07. The Morgan fingerprint density at radius 2 is 1.97 bits per heavy atom. The standard InChI is InChI=1S/C26H29N5O4/c1-17-24-20(15-21(23-5-4-12-35-23)28-25(24)30(2)29-17)26(32)27-16-22(31-10-13-34-14-11-31)18-6-8-19(33-3)9-7-18/h4-9,12,15,22H,10-11,13-14,16H2,1-3H3,(H,27,32)/t22-/m0/s1. The quantitative estimate of drug-likeness (QED) is 0.438. The van der Waals surface area contributed by atoms with Crippen molar-refractivity contribution in [1.29, 1.82) is 0 Å². The number of carbonyl (C=O) groups excluding carboxylic acids is 1. The van der Waals surface area contributed by atoms with E-state index in [2.05, 4.69) is 27.4 Å². The number of carbonyl (C=O) groups is 1. The molecule has 1 aliphatic rings. The van der Waals surface area contributed by atoms with E-state index in [1.807, 2.05) is 32.2 Å². The summed E-state index contributed by atoms with van der Waals surface area (Å²) in [4.78, 5) is 20.6. The molecule has 0 saturated carbocycles. The van der Waals surface area contributed by atoms with Gasteiger partial charge in [0.05, 0.1) is 49.3 Å². The van der Waals surface area contributed by atoms with Gasteiger partial charge < -0.3 is 19.2 Å². The number of hydrogen-bond acceptors (Lipinski definition) is 7. The van der Waals surface area contributed by atoms with Gasteiger partial charge >= 0.3 is 0 Å². The lowest BCUT2D eigenvalue weighted by Crippen LogP contribution is -2.43. The Hall–Kier alpha value is -3.69. The number of benzene rings is 1. The van der Waals surface area contributed by atoms with Gasteiger partial charge in [-0.2, -0.15) is 5.10 Å². The molecule has 3 aromatic heterocycles. The number of nitrogens with zero attached hydrogens (tertiary/aromatic N) is 4. The molecule has 9 nitrogen and oxygen atoms in total. The van der Waals surface area contributed by atoms with Gasteiger partial charge in [0.25, 0.3) is 5.91 Å². The number of nitrogens with one attached hydrogen (secondary N) is 1. The van der Waals surface area contributed by atoms with E-state index in [1.165, 1.54) is 0 Å². The second-order valence-electron chi connectivity index (χ2n) is 8.59. The number of furan rings is 1. The number of aromatic nitrogens is 3. The SMILES string of the molecule is COc1ccc([C@H](CNC(=O)c2cc(-c3ccco3)nc3c2c(C)nn3C)N2CCOCC2)cc1. The number of morpholine rings is 1. The molecular formula is C26H29N5O4. The van der Waals surface area contributed by atoms with Crippen molar-refractivity contribution in [3.63, 3.8) is 0 Å². The molecule has 1 amide bonds. The van der Waals surface area contributed by atoms with Crippen molar-refractivity contribution in [3.05, 3.63) is 65.5 Å². The van der Waals surface area contributed by atoms with Crippen LogP contribution in [0, 0.1) is 6.92 Å². The summed E-state index contributed by atoms with van der Waals surface area (Å²) in [7, 11) is 3.48. The average molecular weight is 476 g/mol. The summed E-state index contributed by atoms with van der Waals surface area (Å²) in [5.41, 5.74) is 3.63. The van der Waals surface area contributed by atoms with Crippen molar-refractivity contribution >= 4 is 16.9 Å². The highest BCUT2D eigenvalue weighted by Gasteiger charge is 2.25. The topological polar surface area (TPSA) is 94.7 Å². The zero-order valence-corrected chi connectivity index (χ0v) is 20.2.